The van der Waals surface area contributed by atoms with Gasteiger partial charge in [-0.3, -0.25) is 9.59 Å². The summed E-state index contributed by atoms with van der Waals surface area (Å²) in [6.45, 7) is 1.70. The molecule has 1 rings (SSSR count). The minimum Gasteiger partial charge on any atom is -0.465 e. The Morgan fingerprint density at radius 2 is 1.72 bits per heavy atom. The minimum absolute atomic E-state index is 0.112. The second-order valence-electron chi connectivity index (χ2n) is 3.63. The fourth-order valence-corrected chi connectivity index (χ4v) is 2.45. The normalized spacial score (nSPS) is 10.9. The van der Waals surface area contributed by atoms with E-state index in [1.54, 1.807) is 25.1 Å². The van der Waals surface area contributed by atoms with Crippen molar-refractivity contribution >= 4 is 21.6 Å². The van der Waals surface area contributed by atoms with Crippen molar-refractivity contribution in [3.8, 4) is 0 Å². The van der Waals surface area contributed by atoms with Crippen molar-refractivity contribution in [3.05, 3.63) is 35.9 Å². The van der Waals surface area contributed by atoms with Crippen molar-refractivity contribution in [1.82, 2.24) is 0 Å². The summed E-state index contributed by atoms with van der Waals surface area (Å²) < 4.78 is 27.7. The molecule has 1 aromatic rings. The summed E-state index contributed by atoms with van der Waals surface area (Å²) in [6.07, 6.45) is 0. The summed E-state index contributed by atoms with van der Waals surface area (Å²) in [7, 11) is -3.77. The van der Waals surface area contributed by atoms with Crippen LogP contribution >= 0.6 is 0 Å². The summed E-state index contributed by atoms with van der Waals surface area (Å²) >= 11 is 0. The number of sulfone groups is 1. The van der Waals surface area contributed by atoms with Gasteiger partial charge in [0, 0.05) is 5.56 Å². The smallest absolute Gasteiger partial charge is 0.321 e. The predicted octanol–water partition coefficient (Wildman–Crippen LogP) is 0.847. The van der Waals surface area contributed by atoms with Gasteiger partial charge in [-0.05, 0) is 6.92 Å². The van der Waals surface area contributed by atoms with Gasteiger partial charge >= 0.3 is 5.97 Å². The van der Waals surface area contributed by atoms with Crippen LogP contribution in [0.25, 0.3) is 0 Å². The molecule has 0 aromatic heterocycles. The molecule has 0 fully saturated rings. The van der Waals surface area contributed by atoms with Gasteiger partial charge in [0.1, 0.15) is 11.5 Å². The van der Waals surface area contributed by atoms with E-state index in [4.69, 9.17) is 0 Å². The Bertz CT molecular complexity index is 519. The Kier molecular flexibility index (Phi) is 5.03. The lowest BCUT2D eigenvalue weighted by atomic mass is 10.2. The van der Waals surface area contributed by atoms with E-state index in [-0.39, 0.29) is 6.61 Å². The molecular formula is C12H14O5S. The predicted molar refractivity (Wildman–Crippen MR) is 66.1 cm³/mol. The number of Topliss-reactive ketones (excluding diaryl/α,β-unsaturated/α-hetero) is 1. The van der Waals surface area contributed by atoms with E-state index in [1.165, 1.54) is 12.1 Å². The van der Waals surface area contributed by atoms with Crippen LogP contribution in [-0.2, 0) is 19.4 Å². The van der Waals surface area contributed by atoms with Crippen molar-refractivity contribution < 1.29 is 22.7 Å². The number of rotatable bonds is 6. The average Bonchev–Trinajstić information content (AvgIpc) is 2.29. The van der Waals surface area contributed by atoms with Gasteiger partial charge in [-0.2, -0.15) is 0 Å². The monoisotopic (exact) mass is 270 g/mol. The Labute approximate surface area is 106 Å². The SMILES string of the molecule is CCOC(=O)CS(=O)(=O)CC(=O)c1ccccc1. The molecule has 0 aliphatic rings. The second-order valence-corrected chi connectivity index (χ2v) is 5.69. The number of carbonyl (C=O) groups is 2. The molecule has 0 unspecified atom stereocenters. The zero-order chi connectivity index (χ0) is 13.6. The second kappa shape index (κ2) is 6.30. The maximum atomic E-state index is 11.7. The van der Waals surface area contributed by atoms with Crippen molar-refractivity contribution in [3.63, 3.8) is 0 Å². The maximum Gasteiger partial charge on any atom is 0.321 e. The summed E-state index contributed by atoms with van der Waals surface area (Å²) in [6, 6.07) is 8.07. The highest BCUT2D eigenvalue weighted by Gasteiger charge is 2.22. The molecule has 0 aliphatic heterocycles. The van der Waals surface area contributed by atoms with E-state index >= 15 is 0 Å². The fourth-order valence-electron chi connectivity index (χ4n) is 1.34. The largest absolute Gasteiger partial charge is 0.465 e. The molecule has 1 aromatic carbocycles. The molecule has 0 heterocycles. The first kappa shape index (κ1) is 14.4. The lowest BCUT2D eigenvalue weighted by molar-refractivity contribution is -0.139. The molecule has 18 heavy (non-hydrogen) atoms. The molecule has 5 nitrogen and oxygen atoms in total. The van der Waals surface area contributed by atoms with Crippen LogP contribution in [0.1, 0.15) is 17.3 Å². The van der Waals surface area contributed by atoms with E-state index in [0.717, 1.165) is 0 Å². The van der Waals surface area contributed by atoms with Gasteiger partial charge in [0.15, 0.2) is 15.6 Å². The van der Waals surface area contributed by atoms with E-state index < -0.39 is 33.1 Å². The lowest BCUT2D eigenvalue weighted by Crippen LogP contribution is -2.25. The highest BCUT2D eigenvalue weighted by Crippen LogP contribution is 2.03. The molecule has 0 saturated heterocycles. The third kappa shape index (κ3) is 4.67. The molecule has 0 aliphatic carbocycles. The number of ether oxygens (including phenoxy) is 1. The first-order valence-corrected chi connectivity index (χ1v) is 7.21. The Balaban J connectivity index is 2.67. The number of hydrogen-bond acceptors (Lipinski definition) is 5. The topological polar surface area (TPSA) is 77.5 Å². The van der Waals surface area contributed by atoms with Crippen LogP contribution in [-0.4, -0.2) is 38.3 Å². The van der Waals surface area contributed by atoms with Crippen LogP contribution in [0.2, 0.25) is 0 Å². The summed E-state index contributed by atoms with van der Waals surface area (Å²) in [5.74, 6) is -2.81. The number of esters is 1. The van der Waals surface area contributed by atoms with Gasteiger partial charge in [0.05, 0.1) is 6.61 Å². The molecule has 0 bridgehead atoms. The van der Waals surface area contributed by atoms with Crippen LogP contribution in [0.15, 0.2) is 30.3 Å². The molecular weight excluding hydrogens is 256 g/mol. The van der Waals surface area contributed by atoms with Crippen LogP contribution < -0.4 is 0 Å². The zero-order valence-electron chi connectivity index (χ0n) is 9.96. The molecule has 98 valence electrons. The summed E-state index contributed by atoms with van der Waals surface area (Å²) in [5, 5.41) is 0. The number of carbonyl (C=O) groups excluding carboxylic acids is 2. The molecule has 6 heteroatoms. The molecule has 0 amide bonds. The Morgan fingerprint density at radius 1 is 1.11 bits per heavy atom. The minimum atomic E-state index is -3.77. The molecule has 0 atom stereocenters. The Hall–Kier alpha value is -1.69. The molecule has 0 saturated carbocycles. The zero-order valence-corrected chi connectivity index (χ0v) is 10.8. The highest BCUT2D eigenvalue weighted by molar-refractivity contribution is 7.92. The van der Waals surface area contributed by atoms with Crippen molar-refractivity contribution in [2.75, 3.05) is 18.1 Å². The van der Waals surface area contributed by atoms with Crippen molar-refractivity contribution in [2.24, 2.45) is 0 Å². The van der Waals surface area contributed by atoms with Crippen LogP contribution in [0.3, 0.4) is 0 Å². The Morgan fingerprint density at radius 3 is 2.28 bits per heavy atom. The van der Waals surface area contributed by atoms with Gasteiger partial charge in [0.2, 0.25) is 0 Å². The number of hydrogen-bond donors (Lipinski definition) is 0. The van der Waals surface area contributed by atoms with E-state index in [2.05, 4.69) is 4.74 Å². The quantitative estimate of drug-likeness (QED) is 0.565. The molecule has 0 N–H and O–H groups in total. The highest BCUT2D eigenvalue weighted by atomic mass is 32.2. The van der Waals surface area contributed by atoms with Gasteiger partial charge in [0.25, 0.3) is 0 Å². The van der Waals surface area contributed by atoms with Crippen molar-refractivity contribution in [2.45, 2.75) is 6.92 Å². The number of ketones is 1. The van der Waals surface area contributed by atoms with Gasteiger partial charge in [-0.25, -0.2) is 8.42 Å². The fraction of sp³-hybridized carbons (Fsp3) is 0.333. The molecule has 0 radical (unpaired) electrons. The average molecular weight is 270 g/mol. The summed E-state index contributed by atoms with van der Waals surface area (Å²) in [5.41, 5.74) is 0.310. The summed E-state index contributed by atoms with van der Waals surface area (Å²) in [4.78, 5) is 22.7. The standard InChI is InChI=1S/C12H14O5S/c1-2-17-12(14)9-18(15,16)8-11(13)10-6-4-3-5-7-10/h3-7H,2,8-9H2,1H3. The third-order valence-electron chi connectivity index (χ3n) is 2.09. The van der Waals surface area contributed by atoms with E-state index in [9.17, 15) is 18.0 Å². The van der Waals surface area contributed by atoms with Crippen LogP contribution in [0.4, 0.5) is 0 Å². The van der Waals surface area contributed by atoms with Gasteiger partial charge in [-0.1, -0.05) is 30.3 Å². The van der Waals surface area contributed by atoms with Gasteiger partial charge < -0.3 is 4.74 Å². The van der Waals surface area contributed by atoms with Gasteiger partial charge in [-0.15, -0.1) is 0 Å². The lowest BCUT2D eigenvalue weighted by Gasteiger charge is -2.04. The first-order chi connectivity index (χ1) is 8.44. The molecule has 0 spiro atoms. The maximum absolute atomic E-state index is 11.7. The third-order valence-corrected chi connectivity index (χ3v) is 3.47. The first-order valence-electron chi connectivity index (χ1n) is 5.39. The van der Waals surface area contributed by atoms with E-state index in [1.807, 2.05) is 0 Å². The van der Waals surface area contributed by atoms with Crippen LogP contribution in [0.5, 0.6) is 0 Å². The van der Waals surface area contributed by atoms with Crippen LogP contribution in [0, 0.1) is 0 Å². The van der Waals surface area contributed by atoms with E-state index in [0.29, 0.717) is 5.56 Å². The van der Waals surface area contributed by atoms with Crippen molar-refractivity contribution in [1.29, 1.82) is 0 Å². The number of benzene rings is 1.